The van der Waals surface area contributed by atoms with Gasteiger partial charge in [-0.25, -0.2) is 4.79 Å². The Morgan fingerprint density at radius 1 is 1.33 bits per heavy atom. The third-order valence-corrected chi connectivity index (χ3v) is 4.25. The monoisotopic (exact) mass is 364 g/mol. The SMILES string of the molecule is C[C@](O)(CBr)C(=O)O[C@@](C)(CBr)C(=O)Cl. The highest BCUT2D eigenvalue weighted by atomic mass is 79.9. The molecule has 0 aliphatic carbocycles. The molecule has 7 heteroatoms. The average molecular weight is 366 g/mol. The van der Waals surface area contributed by atoms with Crippen molar-refractivity contribution in [2.75, 3.05) is 10.7 Å². The molecule has 88 valence electrons. The van der Waals surface area contributed by atoms with Crippen LogP contribution in [0.4, 0.5) is 0 Å². The Labute approximate surface area is 110 Å². The number of hydrogen-bond donors (Lipinski definition) is 1. The van der Waals surface area contributed by atoms with Crippen molar-refractivity contribution in [2.45, 2.75) is 25.0 Å². The molecule has 0 unspecified atom stereocenters. The Morgan fingerprint density at radius 3 is 2.07 bits per heavy atom. The summed E-state index contributed by atoms with van der Waals surface area (Å²) in [6.07, 6.45) is 0. The lowest BCUT2D eigenvalue weighted by molar-refractivity contribution is -0.175. The van der Waals surface area contributed by atoms with E-state index in [1.54, 1.807) is 0 Å². The van der Waals surface area contributed by atoms with Gasteiger partial charge in [-0.1, -0.05) is 31.9 Å². The fourth-order valence-electron chi connectivity index (χ4n) is 0.489. The standard InChI is InChI=1S/C8H11Br2ClO4/c1-7(14,3-9)6(13)15-8(2,4-10)5(11)12/h14H,3-4H2,1-2H3/t7-,8-/m0/s1. The second-order valence-electron chi connectivity index (χ2n) is 3.44. The van der Waals surface area contributed by atoms with Crippen LogP contribution in [0.25, 0.3) is 0 Å². The molecule has 0 saturated carbocycles. The number of aliphatic hydroxyl groups is 1. The molecule has 1 N–H and O–H groups in total. The Balaban J connectivity index is 4.72. The lowest BCUT2D eigenvalue weighted by Crippen LogP contribution is -2.47. The van der Waals surface area contributed by atoms with Gasteiger partial charge in [-0.05, 0) is 25.4 Å². The largest absolute Gasteiger partial charge is 0.447 e. The maximum absolute atomic E-state index is 11.4. The summed E-state index contributed by atoms with van der Waals surface area (Å²) in [4.78, 5) is 22.5. The summed E-state index contributed by atoms with van der Waals surface area (Å²) in [6.45, 7) is 2.64. The number of halogens is 3. The van der Waals surface area contributed by atoms with Gasteiger partial charge in [0, 0.05) is 5.33 Å². The molecule has 0 amide bonds. The number of esters is 1. The third kappa shape index (κ3) is 4.01. The second kappa shape index (κ2) is 5.61. The van der Waals surface area contributed by atoms with Crippen molar-refractivity contribution in [3.05, 3.63) is 0 Å². The van der Waals surface area contributed by atoms with Crippen molar-refractivity contribution >= 4 is 54.7 Å². The van der Waals surface area contributed by atoms with E-state index in [9.17, 15) is 14.7 Å². The predicted molar refractivity (Wildman–Crippen MR) is 63.6 cm³/mol. The first-order valence-corrected chi connectivity index (χ1v) is 6.59. The van der Waals surface area contributed by atoms with Crippen LogP contribution in [0.2, 0.25) is 0 Å². The molecule has 0 radical (unpaired) electrons. The summed E-state index contributed by atoms with van der Waals surface area (Å²) < 4.78 is 4.86. The zero-order chi connectivity index (χ0) is 12.3. The number of carbonyl (C=O) groups is 2. The van der Waals surface area contributed by atoms with Crippen LogP contribution in [-0.2, 0) is 14.3 Å². The molecule has 4 nitrogen and oxygen atoms in total. The van der Waals surface area contributed by atoms with Crippen LogP contribution in [-0.4, -0.2) is 38.2 Å². The van der Waals surface area contributed by atoms with E-state index in [0.29, 0.717) is 0 Å². The molecule has 0 spiro atoms. The van der Waals surface area contributed by atoms with Gasteiger partial charge < -0.3 is 9.84 Å². The molecule has 0 saturated heterocycles. The fourth-order valence-corrected chi connectivity index (χ4v) is 1.35. The van der Waals surface area contributed by atoms with E-state index in [1.165, 1.54) is 13.8 Å². The van der Waals surface area contributed by atoms with E-state index in [-0.39, 0.29) is 10.7 Å². The highest BCUT2D eigenvalue weighted by molar-refractivity contribution is 9.09. The Hall–Kier alpha value is 0.350. The van der Waals surface area contributed by atoms with Gasteiger partial charge in [-0.2, -0.15) is 0 Å². The van der Waals surface area contributed by atoms with Gasteiger partial charge in [0.15, 0.2) is 11.2 Å². The lowest BCUT2D eigenvalue weighted by atomic mass is 10.1. The molecule has 0 aliphatic heterocycles. The summed E-state index contributed by atoms with van der Waals surface area (Å²) in [6, 6.07) is 0. The first-order valence-electron chi connectivity index (χ1n) is 3.97. The topological polar surface area (TPSA) is 63.6 Å². The summed E-state index contributed by atoms with van der Waals surface area (Å²) >= 11 is 11.3. The van der Waals surface area contributed by atoms with Crippen LogP contribution in [0, 0.1) is 0 Å². The summed E-state index contributed by atoms with van der Waals surface area (Å²) in [5.74, 6) is -0.907. The summed E-state index contributed by atoms with van der Waals surface area (Å²) in [7, 11) is 0. The van der Waals surface area contributed by atoms with Gasteiger partial charge in [-0.15, -0.1) is 0 Å². The number of ether oxygens (including phenoxy) is 1. The van der Waals surface area contributed by atoms with Crippen LogP contribution in [0.15, 0.2) is 0 Å². The maximum Gasteiger partial charge on any atom is 0.339 e. The second-order valence-corrected chi connectivity index (χ2v) is 4.90. The van der Waals surface area contributed by atoms with E-state index < -0.39 is 22.4 Å². The number of rotatable bonds is 5. The Bertz CT molecular complexity index is 269. The first-order chi connectivity index (χ1) is 6.69. The van der Waals surface area contributed by atoms with Gasteiger partial charge in [0.25, 0.3) is 5.24 Å². The minimum absolute atomic E-state index is 0.00761. The van der Waals surface area contributed by atoms with Crippen LogP contribution in [0.1, 0.15) is 13.8 Å². The minimum atomic E-state index is -1.68. The molecule has 0 aliphatic rings. The molecular formula is C8H11Br2ClO4. The van der Waals surface area contributed by atoms with Gasteiger partial charge >= 0.3 is 5.97 Å². The van der Waals surface area contributed by atoms with Crippen LogP contribution < -0.4 is 0 Å². The van der Waals surface area contributed by atoms with Gasteiger partial charge in [0.2, 0.25) is 0 Å². The minimum Gasteiger partial charge on any atom is -0.447 e. The molecular weight excluding hydrogens is 355 g/mol. The normalized spacial score (nSPS) is 18.8. The van der Waals surface area contributed by atoms with E-state index in [2.05, 4.69) is 31.9 Å². The maximum atomic E-state index is 11.4. The molecule has 0 bridgehead atoms. The average Bonchev–Trinajstić information content (AvgIpc) is 2.17. The summed E-state index contributed by atoms with van der Waals surface area (Å²) in [5.41, 5.74) is -3.15. The molecule has 0 aromatic rings. The van der Waals surface area contributed by atoms with Crippen molar-refractivity contribution in [1.82, 2.24) is 0 Å². The van der Waals surface area contributed by atoms with Crippen molar-refractivity contribution in [3.8, 4) is 0 Å². The molecule has 2 atom stereocenters. The first kappa shape index (κ1) is 15.3. The molecule has 0 rings (SSSR count). The molecule has 0 heterocycles. The van der Waals surface area contributed by atoms with Crippen LogP contribution in [0.5, 0.6) is 0 Å². The van der Waals surface area contributed by atoms with E-state index in [0.717, 1.165) is 0 Å². The lowest BCUT2D eigenvalue weighted by Gasteiger charge is -2.27. The molecule has 0 fully saturated rings. The molecule has 0 aromatic heterocycles. The summed E-state index contributed by atoms with van der Waals surface area (Å²) in [5, 5.41) is 8.80. The van der Waals surface area contributed by atoms with Crippen molar-refractivity contribution in [1.29, 1.82) is 0 Å². The van der Waals surface area contributed by atoms with Crippen LogP contribution in [0.3, 0.4) is 0 Å². The van der Waals surface area contributed by atoms with Crippen molar-refractivity contribution in [3.63, 3.8) is 0 Å². The Kier molecular flexibility index (Phi) is 5.74. The zero-order valence-corrected chi connectivity index (χ0v) is 12.1. The highest BCUT2D eigenvalue weighted by Gasteiger charge is 2.40. The van der Waals surface area contributed by atoms with Crippen molar-refractivity contribution < 1.29 is 19.4 Å². The van der Waals surface area contributed by atoms with Gasteiger partial charge in [0.05, 0.1) is 5.33 Å². The number of carbonyl (C=O) groups excluding carboxylic acids is 2. The fraction of sp³-hybridized carbons (Fsp3) is 0.750. The predicted octanol–water partition coefficient (Wildman–Crippen LogP) is 1.59. The van der Waals surface area contributed by atoms with Gasteiger partial charge in [-0.3, -0.25) is 4.79 Å². The van der Waals surface area contributed by atoms with Gasteiger partial charge in [0.1, 0.15) is 0 Å². The quantitative estimate of drug-likeness (QED) is 0.456. The third-order valence-electron chi connectivity index (χ3n) is 1.69. The van der Waals surface area contributed by atoms with E-state index in [4.69, 9.17) is 16.3 Å². The Morgan fingerprint density at radius 2 is 1.80 bits per heavy atom. The smallest absolute Gasteiger partial charge is 0.339 e. The van der Waals surface area contributed by atoms with E-state index >= 15 is 0 Å². The van der Waals surface area contributed by atoms with Crippen LogP contribution >= 0.6 is 43.5 Å². The molecule has 0 aromatic carbocycles. The van der Waals surface area contributed by atoms with E-state index in [1.807, 2.05) is 0 Å². The molecule has 15 heavy (non-hydrogen) atoms. The zero-order valence-electron chi connectivity index (χ0n) is 8.22. The number of hydrogen-bond acceptors (Lipinski definition) is 4. The number of alkyl halides is 2. The highest BCUT2D eigenvalue weighted by Crippen LogP contribution is 2.21. The van der Waals surface area contributed by atoms with Crippen molar-refractivity contribution in [2.24, 2.45) is 0 Å².